The Morgan fingerprint density at radius 2 is 2.10 bits per heavy atom. The molecule has 0 saturated heterocycles. The number of hydrogen-bond donors (Lipinski definition) is 2. The second kappa shape index (κ2) is 6.59. The summed E-state index contributed by atoms with van der Waals surface area (Å²) in [6, 6.07) is 6.58. The van der Waals surface area contributed by atoms with E-state index in [1.807, 2.05) is 0 Å². The van der Waals surface area contributed by atoms with Crippen molar-refractivity contribution in [2.75, 3.05) is 12.4 Å². The number of benzene rings is 1. The zero-order chi connectivity index (χ0) is 15.4. The van der Waals surface area contributed by atoms with E-state index in [2.05, 4.69) is 36.2 Å². The Balaban J connectivity index is 2.15. The van der Waals surface area contributed by atoms with Crippen LogP contribution < -0.4 is 10.1 Å². The molecule has 0 aliphatic carbocycles. The molecule has 0 atom stereocenters. The Hall–Kier alpha value is -2.06. The van der Waals surface area contributed by atoms with E-state index >= 15 is 0 Å². The molecular formula is C12H9BrClN3O4. The van der Waals surface area contributed by atoms with Gasteiger partial charge in [0.2, 0.25) is 0 Å². The predicted molar refractivity (Wildman–Crippen MR) is 78.7 cm³/mol. The number of aromatic amines is 1. The van der Waals surface area contributed by atoms with Gasteiger partial charge < -0.3 is 14.8 Å². The molecule has 0 bridgehead atoms. The first-order valence-electron chi connectivity index (χ1n) is 5.58. The molecule has 7 nitrogen and oxygen atoms in total. The van der Waals surface area contributed by atoms with Gasteiger partial charge in [-0.15, -0.1) is 5.10 Å². The van der Waals surface area contributed by atoms with Gasteiger partial charge in [-0.25, -0.2) is 4.79 Å². The van der Waals surface area contributed by atoms with Crippen LogP contribution in [0.2, 0.25) is 5.02 Å². The van der Waals surface area contributed by atoms with E-state index in [9.17, 15) is 9.59 Å². The highest BCUT2D eigenvalue weighted by Gasteiger charge is 2.18. The normalized spacial score (nSPS) is 10.0. The van der Waals surface area contributed by atoms with E-state index in [0.717, 1.165) is 0 Å². The number of aromatic nitrogens is 2. The van der Waals surface area contributed by atoms with Gasteiger partial charge in [0.25, 0.3) is 11.8 Å². The maximum atomic E-state index is 12.1. The van der Waals surface area contributed by atoms with E-state index in [1.54, 1.807) is 24.3 Å². The minimum atomic E-state index is -0.925. The average molecular weight is 375 g/mol. The van der Waals surface area contributed by atoms with Crippen LogP contribution in [0.1, 0.15) is 10.4 Å². The predicted octanol–water partition coefficient (Wildman–Crippen LogP) is 3.22. The van der Waals surface area contributed by atoms with Gasteiger partial charge in [0.05, 0.1) is 17.7 Å². The van der Waals surface area contributed by atoms with Crippen LogP contribution in [-0.4, -0.2) is 29.4 Å². The molecular weight excluding hydrogens is 366 g/mol. The van der Waals surface area contributed by atoms with Crippen molar-refractivity contribution in [1.82, 2.24) is 10.2 Å². The second-order valence-electron chi connectivity index (χ2n) is 3.71. The number of nitrogens with zero attached hydrogens (tertiary/aromatic N) is 1. The van der Waals surface area contributed by atoms with Crippen molar-refractivity contribution >= 4 is 45.4 Å². The lowest BCUT2D eigenvalue weighted by molar-refractivity contribution is 0.102. The van der Waals surface area contributed by atoms with Crippen LogP contribution in [0.25, 0.3) is 0 Å². The topological polar surface area (TPSA) is 93.3 Å². The van der Waals surface area contributed by atoms with E-state index in [-0.39, 0.29) is 16.2 Å². The molecule has 0 unspecified atom stereocenters. The lowest BCUT2D eigenvalue weighted by Gasteiger charge is -2.05. The molecule has 0 fully saturated rings. The summed E-state index contributed by atoms with van der Waals surface area (Å²) in [7, 11) is 1.17. The molecule has 1 aromatic carbocycles. The number of carbonyl (C=O) groups excluding carboxylic acids is 2. The van der Waals surface area contributed by atoms with E-state index < -0.39 is 12.1 Å². The smallest absolute Gasteiger partial charge is 0.437 e. The van der Waals surface area contributed by atoms with Crippen molar-refractivity contribution in [1.29, 1.82) is 0 Å². The van der Waals surface area contributed by atoms with Crippen molar-refractivity contribution in [2.24, 2.45) is 0 Å². The van der Waals surface area contributed by atoms with Crippen LogP contribution in [0.5, 0.6) is 5.88 Å². The molecule has 0 aliphatic rings. The van der Waals surface area contributed by atoms with Gasteiger partial charge >= 0.3 is 6.16 Å². The number of amides is 1. The standard InChI is InChI=1S/C12H9BrClN3O4/c1-20-12(19)21-11-8(13)9(16-17-11)15-10(18)6-4-2-3-5-7(6)14/h2-5H,1H3,(H2,15,16,17,18). The van der Waals surface area contributed by atoms with Gasteiger partial charge in [-0.05, 0) is 28.1 Å². The van der Waals surface area contributed by atoms with Gasteiger partial charge in [0.1, 0.15) is 10.3 Å². The number of halogens is 2. The minimum Gasteiger partial charge on any atom is -0.437 e. The molecule has 9 heteroatoms. The molecule has 0 saturated carbocycles. The highest BCUT2D eigenvalue weighted by Crippen LogP contribution is 2.30. The molecule has 2 N–H and O–H groups in total. The number of nitrogens with one attached hydrogen (secondary N) is 2. The highest BCUT2D eigenvalue weighted by molar-refractivity contribution is 9.10. The Labute approximate surface area is 132 Å². The molecule has 2 rings (SSSR count). The first-order chi connectivity index (χ1) is 10.0. The van der Waals surface area contributed by atoms with E-state index in [0.29, 0.717) is 10.6 Å². The van der Waals surface area contributed by atoms with Gasteiger partial charge in [0.15, 0.2) is 0 Å². The third-order valence-corrected chi connectivity index (χ3v) is 3.45. The van der Waals surface area contributed by atoms with Crippen LogP contribution >= 0.6 is 27.5 Å². The van der Waals surface area contributed by atoms with E-state index in [1.165, 1.54) is 7.11 Å². The fourth-order valence-electron chi connectivity index (χ4n) is 1.41. The molecule has 0 aliphatic heterocycles. The zero-order valence-corrected chi connectivity index (χ0v) is 13.0. The van der Waals surface area contributed by atoms with Crippen LogP contribution in [0.4, 0.5) is 10.6 Å². The van der Waals surface area contributed by atoms with Crippen molar-refractivity contribution in [3.05, 3.63) is 39.3 Å². The Kier molecular flexibility index (Phi) is 4.81. The maximum absolute atomic E-state index is 12.1. The fraction of sp³-hybridized carbons (Fsp3) is 0.0833. The molecule has 0 spiro atoms. The number of hydrogen-bond acceptors (Lipinski definition) is 5. The maximum Gasteiger partial charge on any atom is 0.515 e. The summed E-state index contributed by atoms with van der Waals surface area (Å²) in [5.41, 5.74) is 0.302. The van der Waals surface area contributed by atoms with Crippen LogP contribution in [0, 0.1) is 0 Å². The second-order valence-corrected chi connectivity index (χ2v) is 4.91. The molecule has 21 heavy (non-hydrogen) atoms. The highest BCUT2D eigenvalue weighted by atomic mass is 79.9. The van der Waals surface area contributed by atoms with Gasteiger partial charge in [-0.2, -0.15) is 0 Å². The number of methoxy groups -OCH3 is 1. The first-order valence-corrected chi connectivity index (χ1v) is 6.75. The number of anilines is 1. The number of ether oxygens (including phenoxy) is 2. The molecule has 1 amide bonds. The summed E-state index contributed by atoms with van der Waals surface area (Å²) in [5, 5.41) is 9.12. The third kappa shape index (κ3) is 3.53. The fourth-order valence-corrected chi connectivity index (χ4v) is 1.99. The number of carbonyl (C=O) groups is 2. The van der Waals surface area contributed by atoms with E-state index in [4.69, 9.17) is 16.3 Å². The summed E-state index contributed by atoms with van der Waals surface area (Å²) in [6.45, 7) is 0. The Bertz CT molecular complexity index is 689. The summed E-state index contributed by atoms with van der Waals surface area (Å²) >= 11 is 9.09. The molecule has 0 radical (unpaired) electrons. The summed E-state index contributed by atoms with van der Waals surface area (Å²) < 4.78 is 9.37. The summed E-state index contributed by atoms with van der Waals surface area (Å²) in [5.74, 6) is -0.273. The van der Waals surface area contributed by atoms with Crippen LogP contribution in [0.3, 0.4) is 0 Å². The van der Waals surface area contributed by atoms with Crippen molar-refractivity contribution in [3.63, 3.8) is 0 Å². The lowest BCUT2D eigenvalue weighted by Crippen LogP contribution is -2.13. The number of H-pyrrole nitrogens is 1. The largest absolute Gasteiger partial charge is 0.515 e. The molecule has 1 heterocycles. The van der Waals surface area contributed by atoms with Crippen LogP contribution in [0.15, 0.2) is 28.7 Å². The van der Waals surface area contributed by atoms with Crippen molar-refractivity contribution in [3.8, 4) is 5.88 Å². The summed E-state index contributed by atoms with van der Waals surface area (Å²) in [4.78, 5) is 23.1. The quantitative estimate of drug-likeness (QED) is 0.805. The average Bonchev–Trinajstić information content (AvgIpc) is 2.80. The van der Waals surface area contributed by atoms with Gasteiger partial charge in [0, 0.05) is 0 Å². The SMILES string of the molecule is COC(=O)Oc1n[nH]c(NC(=O)c2ccccc2Cl)c1Br. The molecule has 110 valence electrons. The monoisotopic (exact) mass is 373 g/mol. The molecule has 1 aromatic heterocycles. The zero-order valence-electron chi connectivity index (χ0n) is 10.6. The first kappa shape index (κ1) is 15.3. The number of rotatable bonds is 3. The van der Waals surface area contributed by atoms with Gasteiger partial charge in [-0.1, -0.05) is 23.7 Å². The third-order valence-electron chi connectivity index (χ3n) is 2.38. The minimum absolute atomic E-state index is 0.0590. The summed E-state index contributed by atoms with van der Waals surface area (Å²) in [6.07, 6.45) is -0.925. The van der Waals surface area contributed by atoms with Crippen molar-refractivity contribution in [2.45, 2.75) is 0 Å². The van der Waals surface area contributed by atoms with Crippen LogP contribution in [-0.2, 0) is 4.74 Å². The van der Waals surface area contributed by atoms with Gasteiger partial charge in [-0.3, -0.25) is 9.89 Å². The Morgan fingerprint density at radius 3 is 2.76 bits per heavy atom. The van der Waals surface area contributed by atoms with Crippen molar-refractivity contribution < 1.29 is 19.1 Å². The Morgan fingerprint density at radius 1 is 1.38 bits per heavy atom. The molecule has 2 aromatic rings. The lowest BCUT2D eigenvalue weighted by atomic mass is 10.2.